The lowest BCUT2D eigenvalue weighted by Gasteiger charge is -2.19. The van der Waals surface area contributed by atoms with Crippen LogP contribution in [0, 0.1) is 0 Å². The van der Waals surface area contributed by atoms with E-state index >= 15 is 0 Å². The number of hydrogen-bond donors (Lipinski definition) is 1. The van der Waals surface area contributed by atoms with Crippen molar-refractivity contribution < 1.29 is 4.74 Å². The third kappa shape index (κ3) is 4.24. The summed E-state index contributed by atoms with van der Waals surface area (Å²) < 4.78 is 5.81. The maximum Gasteiger partial charge on any atom is 0.219 e. The molecule has 1 aromatic heterocycles. The number of nitrogens with zero attached hydrogens (tertiary/aromatic N) is 3. The summed E-state index contributed by atoms with van der Waals surface area (Å²) in [6.45, 7) is 4.82. The van der Waals surface area contributed by atoms with E-state index in [0.717, 1.165) is 23.9 Å². The first-order valence-electron chi connectivity index (χ1n) is 7.23. The van der Waals surface area contributed by atoms with Crippen molar-refractivity contribution in [2.75, 3.05) is 38.3 Å². The maximum atomic E-state index is 5.81. The monoisotopic (exact) mass is 296 g/mol. The number of rotatable bonds is 7. The summed E-state index contributed by atoms with van der Waals surface area (Å²) in [5.41, 5.74) is 0. The first-order valence-corrected chi connectivity index (χ1v) is 8.45. The summed E-state index contributed by atoms with van der Waals surface area (Å²) in [6.07, 6.45) is 5.62. The number of thioether (sulfide) groups is 1. The quantitative estimate of drug-likeness (QED) is 0.616. The van der Waals surface area contributed by atoms with Crippen LogP contribution < -0.4 is 10.1 Å². The Labute approximate surface area is 125 Å². The standard InChI is InChI=1S/C14H24N4OS/c1-4-15-12-10-13(17-14(16-12)20-3)19-9-7-11-6-5-8-18(11)2/h10-11H,4-9H2,1-3H3,(H,15,16,17). The molecule has 1 atom stereocenters. The zero-order chi connectivity index (χ0) is 14.4. The van der Waals surface area contributed by atoms with Gasteiger partial charge in [0.1, 0.15) is 5.82 Å². The lowest BCUT2D eigenvalue weighted by molar-refractivity contribution is 0.227. The summed E-state index contributed by atoms with van der Waals surface area (Å²) in [4.78, 5) is 11.2. The highest BCUT2D eigenvalue weighted by molar-refractivity contribution is 7.98. The van der Waals surface area contributed by atoms with Crippen molar-refractivity contribution in [2.24, 2.45) is 0 Å². The molecule has 0 amide bonds. The molecule has 1 aliphatic rings. The van der Waals surface area contributed by atoms with Crippen LogP contribution in [0.15, 0.2) is 11.2 Å². The fourth-order valence-corrected chi connectivity index (χ4v) is 2.86. The lowest BCUT2D eigenvalue weighted by atomic mass is 10.1. The second-order valence-electron chi connectivity index (χ2n) is 5.02. The number of anilines is 1. The highest BCUT2D eigenvalue weighted by Crippen LogP contribution is 2.21. The smallest absolute Gasteiger partial charge is 0.219 e. The van der Waals surface area contributed by atoms with Gasteiger partial charge >= 0.3 is 0 Å². The van der Waals surface area contributed by atoms with Gasteiger partial charge in [-0.15, -0.1) is 0 Å². The van der Waals surface area contributed by atoms with E-state index < -0.39 is 0 Å². The Balaban J connectivity index is 1.89. The van der Waals surface area contributed by atoms with Crippen LogP contribution >= 0.6 is 11.8 Å². The van der Waals surface area contributed by atoms with Crippen LogP contribution in [0.1, 0.15) is 26.2 Å². The highest BCUT2D eigenvalue weighted by atomic mass is 32.2. The fraction of sp³-hybridized carbons (Fsp3) is 0.714. The van der Waals surface area contributed by atoms with Gasteiger partial charge in [-0.2, -0.15) is 4.98 Å². The van der Waals surface area contributed by atoms with Crippen LogP contribution in [-0.2, 0) is 0 Å². The van der Waals surface area contributed by atoms with E-state index in [1.807, 2.05) is 12.3 Å². The normalized spacial score (nSPS) is 19.2. The van der Waals surface area contributed by atoms with E-state index in [0.29, 0.717) is 18.5 Å². The number of aromatic nitrogens is 2. The average Bonchev–Trinajstić information content (AvgIpc) is 2.84. The molecule has 1 saturated heterocycles. The Hall–Kier alpha value is -1.01. The van der Waals surface area contributed by atoms with Crippen LogP contribution in [0.3, 0.4) is 0 Å². The van der Waals surface area contributed by atoms with E-state index in [1.54, 1.807) is 0 Å². The summed E-state index contributed by atoms with van der Waals surface area (Å²) in [7, 11) is 2.19. The maximum absolute atomic E-state index is 5.81. The number of likely N-dealkylation sites (tertiary alicyclic amines) is 1. The Kier molecular flexibility index (Phi) is 5.91. The summed E-state index contributed by atoms with van der Waals surface area (Å²) in [5, 5.41) is 3.96. The van der Waals surface area contributed by atoms with Crippen LogP contribution in [0.25, 0.3) is 0 Å². The molecular weight excluding hydrogens is 272 g/mol. The molecule has 0 spiro atoms. The minimum Gasteiger partial charge on any atom is -0.477 e. The number of nitrogens with one attached hydrogen (secondary N) is 1. The van der Waals surface area contributed by atoms with Crippen molar-refractivity contribution in [3.63, 3.8) is 0 Å². The van der Waals surface area contributed by atoms with Gasteiger partial charge in [0, 0.05) is 18.7 Å². The van der Waals surface area contributed by atoms with Gasteiger partial charge in [-0.05, 0) is 46.0 Å². The third-order valence-corrected chi connectivity index (χ3v) is 4.14. The lowest BCUT2D eigenvalue weighted by Crippen LogP contribution is -2.26. The largest absolute Gasteiger partial charge is 0.477 e. The topological polar surface area (TPSA) is 50.3 Å². The third-order valence-electron chi connectivity index (χ3n) is 3.60. The molecular formula is C14H24N4OS. The fourth-order valence-electron chi connectivity index (χ4n) is 2.48. The van der Waals surface area contributed by atoms with Gasteiger partial charge in [0.05, 0.1) is 6.61 Å². The van der Waals surface area contributed by atoms with Crippen molar-refractivity contribution in [2.45, 2.75) is 37.4 Å². The van der Waals surface area contributed by atoms with E-state index in [1.165, 1.54) is 31.1 Å². The molecule has 0 radical (unpaired) electrons. The molecule has 0 aromatic carbocycles. The van der Waals surface area contributed by atoms with Crippen LogP contribution in [-0.4, -0.2) is 53.9 Å². The molecule has 20 heavy (non-hydrogen) atoms. The molecule has 1 N–H and O–H groups in total. The second kappa shape index (κ2) is 7.69. The first kappa shape index (κ1) is 15.4. The molecule has 112 valence electrons. The van der Waals surface area contributed by atoms with E-state index in [4.69, 9.17) is 4.74 Å². The Morgan fingerprint density at radius 3 is 3.00 bits per heavy atom. The first-order chi connectivity index (χ1) is 9.72. The molecule has 1 aliphatic heterocycles. The Bertz CT molecular complexity index is 430. The van der Waals surface area contributed by atoms with Crippen molar-refractivity contribution >= 4 is 17.6 Å². The summed E-state index contributed by atoms with van der Waals surface area (Å²) >= 11 is 1.53. The van der Waals surface area contributed by atoms with Gasteiger partial charge < -0.3 is 15.0 Å². The molecule has 0 aliphatic carbocycles. The van der Waals surface area contributed by atoms with Crippen LogP contribution in [0.5, 0.6) is 5.88 Å². The van der Waals surface area contributed by atoms with Crippen molar-refractivity contribution in [3.8, 4) is 5.88 Å². The molecule has 1 unspecified atom stereocenters. The van der Waals surface area contributed by atoms with Crippen molar-refractivity contribution in [3.05, 3.63) is 6.07 Å². The van der Waals surface area contributed by atoms with Gasteiger partial charge in [0.25, 0.3) is 0 Å². The predicted octanol–water partition coefficient (Wildman–Crippen LogP) is 2.49. The number of ether oxygens (including phenoxy) is 1. The van der Waals surface area contributed by atoms with E-state index in [9.17, 15) is 0 Å². The molecule has 0 bridgehead atoms. The molecule has 0 saturated carbocycles. The van der Waals surface area contributed by atoms with Gasteiger partial charge in [0.2, 0.25) is 5.88 Å². The number of hydrogen-bond acceptors (Lipinski definition) is 6. The van der Waals surface area contributed by atoms with Gasteiger partial charge in [-0.1, -0.05) is 11.8 Å². The van der Waals surface area contributed by atoms with Crippen LogP contribution in [0.4, 0.5) is 5.82 Å². The van der Waals surface area contributed by atoms with E-state index in [2.05, 4.69) is 34.2 Å². The van der Waals surface area contributed by atoms with E-state index in [-0.39, 0.29) is 0 Å². The second-order valence-corrected chi connectivity index (χ2v) is 5.80. The van der Waals surface area contributed by atoms with Gasteiger partial charge in [-0.3, -0.25) is 0 Å². The van der Waals surface area contributed by atoms with Crippen molar-refractivity contribution in [1.29, 1.82) is 0 Å². The minimum absolute atomic E-state index is 0.657. The zero-order valence-electron chi connectivity index (χ0n) is 12.6. The Morgan fingerprint density at radius 1 is 1.50 bits per heavy atom. The molecule has 6 heteroatoms. The van der Waals surface area contributed by atoms with Crippen LogP contribution in [0.2, 0.25) is 0 Å². The average molecular weight is 296 g/mol. The minimum atomic E-state index is 0.657. The zero-order valence-corrected chi connectivity index (χ0v) is 13.4. The molecule has 2 heterocycles. The SMILES string of the molecule is CCNc1cc(OCCC2CCCN2C)nc(SC)n1. The highest BCUT2D eigenvalue weighted by Gasteiger charge is 2.20. The predicted molar refractivity (Wildman–Crippen MR) is 83.7 cm³/mol. The summed E-state index contributed by atoms with van der Waals surface area (Å²) in [6, 6.07) is 2.53. The van der Waals surface area contributed by atoms with Crippen molar-refractivity contribution in [1.82, 2.24) is 14.9 Å². The molecule has 5 nitrogen and oxygen atoms in total. The molecule has 1 aromatic rings. The van der Waals surface area contributed by atoms with Gasteiger partial charge in [-0.25, -0.2) is 4.98 Å². The summed E-state index contributed by atoms with van der Waals surface area (Å²) in [5.74, 6) is 1.50. The Morgan fingerprint density at radius 2 is 2.35 bits per heavy atom. The van der Waals surface area contributed by atoms with Gasteiger partial charge in [0.15, 0.2) is 5.16 Å². The molecule has 2 rings (SSSR count). The molecule has 1 fully saturated rings.